The number of esters is 2. The van der Waals surface area contributed by atoms with Crippen LogP contribution in [0.5, 0.6) is 11.5 Å². The van der Waals surface area contributed by atoms with Crippen LogP contribution in [0.15, 0.2) is 132 Å². The van der Waals surface area contributed by atoms with Gasteiger partial charge in [-0.15, -0.1) is 0 Å². The van der Waals surface area contributed by atoms with Crippen molar-refractivity contribution in [1.29, 1.82) is 0 Å². The summed E-state index contributed by atoms with van der Waals surface area (Å²) < 4.78 is 21.8. The highest BCUT2D eigenvalue weighted by Crippen LogP contribution is 2.34. The van der Waals surface area contributed by atoms with E-state index >= 15 is 0 Å². The number of carbonyl (C=O) groups is 4. The van der Waals surface area contributed by atoms with Crippen LogP contribution in [0.1, 0.15) is 48.2 Å². The fourth-order valence-electron chi connectivity index (χ4n) is 6.40. The summed E-state index contributed by atoms with van der Waals surface area (Å²) in [4.78, 5) is 55.4. The lowest BCUT2D eigenvalue weighted by atomic mass is 9.94. The Labute approximate surface area is 307 Å². The highest BCUT2D eigenvalue weighted by Gasteiger charge is 2.37. The number of nitrogens with one attached hydrogen (secondary N) is 2. The molecule has 0 bridgehead atoms. The first kappa shape index (κ1) is 36.2. The largest absolute Gasteiger partial charge is 0.466 e. The highest BCUT2D eigenvalue weighted by molar-refractivity contribution is 5.95. The lowest BCUT2D eigenvalue weighted by Crippen LogP contribution is -2.47. The van der Waals surface area contributed by atoms with Crippen LogP contribution in [0, 0.1) is 0 Å². The van der Waals surface area contributed by atoms with Crippen molar-refractivity contribution in [3.63, 3.8) is 0 Å². The molecular weight excluding hydrogens is 676 g/mol. The van der Waals surface area contributed by atoms with Crippen LogP contribution in [0.3, 0.4) is 0 Å². The van der Waals surface area contributed by atoms with Crippen LogP contribution >= 0.6 is 0 Å². The Balaban J connectivity index is 1.10. The number of urea groups is 2. The first-order valence-corrected chi connectivity index (χ1v) is 17.0. The summed E-state index contributed by atoms with van der Waals surface area (Å²) in [6, 6.07) is 31.0. The molecule has 0 spiro atoms. The second-order valence-electron chi connectivity index (χ2n) is 12.4. The Kier molecular flexibility index (Phi) is 11.1. The number of ether oxygens (including phenoxy) is 4. The summed E-state index contributed by atoms with van der Waals surface area (Å²) >= 11 is 0. The van der Waals surface area contributed by atoms with Crippen LogP contribution in [0.25, 0.3) is 0 Å². The molecule has 53 heavy (non-hydrogen) atoms. The molecule has 0 fully saturated rings. The van der Waals surface area contributed by atoms with Gasteiger partial charge in [-0.25, -0.2) is 19.2 Å². The number of allylic oxidation sites excluding steroid dienone is 2. The molecule has 2 heterocycles. The zero-order valence-corrected chi connectivity index (χ0v) is 29.8. The molecule has 2 unspecified atom stereocenters. The summed E-state index contributed by atoms with van der Waals surface area (Å²) in [5.41, 5.74) is 4.90. The van der Waals surface area contributed by atoms with Crippen molar-refractivity contribution in [1.82, 2.24) is 20.4 Å². The molecule has 12 heteroatoms. The van der Waals surface area contributed by atoms with Crippen LogP contribution in [0.2, 0.25) is 0 Å². The van der Waals surface area contributed by atoms with Gasteiger partial charge in [0.2, 0.25) is 6.79 Å². The fourth-order valence-corrected chi connectivity index (χ4v) is 6.40. The summed E-state index contributed by atoms with van der Waals surface area (Å²) in [6.07, 6.45) is 0. The molecule has 2 atom stereocenters. The van der Waals surface area contributed by atoms with Gasteiger partial charge in [-0.3, -0.25) is 9.80 Å². The Hall–Kier alpha value is -6.56. The number of benzene rings is 4. The first-order valence-electron chi connectivity index (χ1n) is 17.0. The average Bonchev–Trinajstić information content (AvgIpc) is 3.18. The topological polar surface area (TPSA) is 136 Å². The van der Waals surface area contributed by atoms with Gasteiger partial charge in [0.15, 0.2) is 0 Å². The number of amides is 4. The maximum atomic E-state index is 13.2. The highest BCUT2D eigenvalue weighted by atomic mass is 16.7. The summed E-state index contributed by atoms with van der Waals surface area (Å²) in [5, 5.41) is 5.90. The van der Waals surface area contributed by atoms with Crippen LogP contribution in [-0.4, -0.2) is 54.8 Å². The van der Waals surface area contributed by atoms with Crippen molar-refractivity contribution in [2.75, 3.05) is 21.0 Å². The molecule has 0 saturated carbocycles. The van der Waals surface area contributed by atoms with Gasteiger partial charge >= 0.3 is 24.0 Å². The van der Waals surface area contributed by atoms with Crippen LogP contribution < -0.4 is 20.1 Å². The smallest absolute Gasteiger partial charge is 0.337 e. The quantitative estimate of drug-likeness (QED) is 0.125. The summed E-state index contributed by atoms with van der Waals surface area (Å²) in [7, 11) is 2.63. The Morgan fingerprint density at radius 3 is 1.26 bits per heavy atom. The zero-order valence-electron chi connectivity index (χ0n) is 29.8. The number of carbonyl (C=O) groups excluding carboxylic acids is 4. The van der Waals surface area contributed by atoms with E-state index in [-0.39, 0.29) is 18.9 Å². The molecule has 272 valence electrons. The molecule has 4 amide bonds. The van der Waals surface area contributed by atoms with E-state index in [1.807, 2.05) is 60.7 Å². The molecule has 0 saturated heterocycles. The predicted octanol–water partition coefficient (Wildman–Crippen LogP) is 6.53. The van der Waals surface area contributed by atoms with E-state index in [9.17, 15) is 19.2 Å². The van der Waals surface area contributed by atoms with E-state index in [0.717, 1.165) is 11.1 Å². The minimum Gasteiger partial charge on any atom is -0.466 e. The van der Waals surface area contributed by atoms with E-state index in [1.165, 1.54) is 24.0 Å². The van der Waals surface area contributed by atoms with Gasteiger partial charge in [0.1, 0.15) is 11.5 Å². The third-order valence-corrected chi connectivity index (χ3v) is 9.25. The normalized spacial score (nSPS) is 17.2. The first-order chi connectivity index (χ1) is 25.7. The monoisotopic (exact) mass is 716 g/mol. The van der Waals surface area contributed by atoms with Crippen molar-refractivity contribution in [3.8, 4) is 11.5 Å². The van der Waals surface area contributed by atoms with Gasteiger partial charge in [-0.2, -0.15) is 0 Å². The van der Waals surface area contributed by atoms with Crippen molar-refractivity contribution in [3.05, 3.63) is 154 Å². The molecule has 12 nitrogen and oxygen atoms in total. The number of methoxy groups -OCH3 is 2. The van der Waals surface area contributed by atoms with Gasteiger partial charge < -0.3 is 29.6 Å². The van der Waals surface area contributed by atoms with Gasteiger partial charge in [0.25, 0.3) is 0 Å². The van der Waals surface area contributed by atoms with Gasteiger partial charge in [-0.1, -0.05) is 84.9 Å². The average molecular weight is 717 g/mol. The second kappa shape index (κ2) is 16.2. The molecule has 4 aromatic carbocycles. The van der Waals surface area contributed by atoms with Crippen molar-refractivity contribution in [2.24, 2.45) is 0 Å². The lowest BCUT2D eigenvalue weighted by Gasteiger charge is -2.35. The molecule has 0 aromatic heterocycles. The van der Waals surface area contributed by atoms with Gasteiger partial charge in [-0.05, 0) is 60.4 Å². The van der Waals surface area contributed by atoms with E-state index < -0.39 is 24.0 Å². The summed E-state index contributed by atoms with van der Waals surface area (Å²) in [5.74, 6) is -0.0542. The molecule has 0 radical (unpaired) electrons. The second-order valence-corrected chi connectivity index (χ2v) is 12.4. The van der Waals surface area contributed by atoms with Gasteiger partial charge in [0.05, 0.1) is 50.5 Å². The summed E-state index contributed by atoms with van der Waals surface area (Å²) in [6.45, 7) is 3.98. The number of rotatable bonds is 12. The Morgan fingerprint density at radius 2 is 0.925 bits per heavy atom. The lowest BCUT2D eigenvalue weighted by molar-refractivity contribution is -0.137. The van der Waals surface area contributed by atoms with Crippen molar-refractivity contribution in [2.45, 2.75) is 39.0 Å². The molecule has 2 aliphatic rings. The predicted molar refractivity (Wildman–Crippen MR) is 195 cm³/mol. The molecule has 4 aromatic rings. The maximum absolute atomic E-state index is 13.2. The minimum atomic E-state index is -0.718. The van der Waals surface area contributed by atoms with Crippen LogP contribution in [-0.2, 0) is 32.2 Å². The molecule has 6 rings (SSSR count). The Bertz CT molecular complexity index is 1880. The third-order valence-electron chi connectivity index (χ3n) is 9.25. The molecule has 0 aliphatic carbocycles. The van der Waals surface area contributed by atoms with Crippen molar-refractivity contribution >= 4 is 24.0 Å². The third kappa shape index (κ3) is 8.01. The van der Waals surface area contributed by atoms with Crippen molar-refractivity contribution < 1.29 is 38.1 Å². The minimum absolute atomic E-state index is 0.110. The van der Waals surface area contributed by atoms with E-state index in [2.05, 4.69) is 10.6 Å². The van der Waals surface area contributed by atoms with E-state index in [0.29, 0.717) is 58.3 Å². The van der Waals surface area contributed by atoms with E-state index in [1.54, 1.807) is 62.4 Å². The zero-order chi connectivity index (χ0) is 37.5. The van der Waals surface area contributed by atoms with E-state index in [4.69, 9.17) is 18.9 Å². The van der Waals surface area contributed by atoms with Crippen LogP contribution in [0.4, 0.5) is 9.59 Å². The Morgan fingerprint density at radius 1 is 0.566 bits per heavy atom. The number of hydrogen-bond donors (Lipinski definition) is 2. The number of hydrogen-bond acceptors (Lipinski definition) is 8. The standard InChI is InChI=1S/C41H40N4O8/c1-26-34(38(46)50-3)36(42-40(48)44(26)23-28-11-7-5-8-12-28)30-15-19-32(20-16-30)52-25-53-33-21-17-31(18-22-33)37-35(39(47)51-4)27(2)45(41(49)43-37)24-29-13-9-6-10-14-29/h5-22,36-37H,23-25H2,1-4H3,(H,42,48)(H,43,49). The maximum Gasteiger partial charge on any atom is 0.337 e. The molecule has 2 aliphatic heterocycles. The molecule has 2 N–H and O–H groups in total. The fraction of sp³-hybridized carbons (Fsp3) is 0.220. The van der Waals surface area contributed by atoms with Gasteiger partial charge in [0, 0.05) is 11.4 Å². The molecular formula is C41H40N4O8. The SMILES string of the molecule is COC(=O)C1=C(C)N(Cc2ccccc2)C(=O)NC1c1ccc(OCOc2ccc(C3NC(=O)N(Cc4ccccc4)C(C)=C3C(=O)OC)cc2)cc1. The number of nitrogens with zero attached hydrogens (tertiary/aromatic N) is 2.